The van der Waals surface area contributed by atoms with Crippen LogP contribution in [0.2, 0.25) is 0 Å². The van der Waals surface area contributed by atoms with E-state index in [9.17, 15) is 4.79 Å². The Labute approximate surface area is 131 Å². The molecule has 0 amide bonds. The van der Waals surface area contributed by atoms with E-state index in [0.29, 0.717) is 5.95 Å². The van der Waals surface area contributed by atoms with Gasteiger partial charge in [0.25, 0.3) is 0 Å². The van der Waals surface area contributed by atoms with Crippen LogP contribution in [0.25, 0.3) is 5.69 Å². The van der Waals surface area contributed by atoms with Crippen LogP contribution < -0.4 is 10.6 Å². The summed E-state index contributed by atoms with van der Waals surface area (Å²) in [7, 11) is 0. The van der Waals surface area contributed by atoms with Gasteiger partial charge >= 0.3 is 5.69 Å². The maximum Gasteiger partial charge on any atom is 0.356 e. The van der Waals surface area contributed by atoms with Crippen LogP contribution >= 0.6 is 0 Å². The van der Waals surface area contributed by atoms with Crippen molar-refractivity contribution in [2.75, 3.05) is 18.0 Å². The highest BCUT2D eigenvalue weighted by atomic mass is 16.1. The lowest BCUT2D eigenvalue weighted by Gasteiger charge is -2.21. The average Bonchev–Trinajstić information content (AvgIpc) is 2.48. The third-order valence-corrected chi connectivity index (χ3v) is 3.64. The quantitative estimate of drug-likeness (QED) is 0.823. The number of nitrogens with zero attached hydrogens (tertiary/aromatic N) is 4. The number of hydrogen-bond donors (Lipinski definition) is 0. The largest absolute Gasteiger partial charge is 0.356 e. The van der Waals surface area contributed by atoms with Crippen LogP contribution in [0.3, 0.4) is 0 Å². The van der Waals surface area contributed by atoms with Gasteiger partial charge in [-0.1, -0.05) is 32.0 Å². The molecule has 0 aliphatic heterocycles. The SMILES string of the molecule is CCCN(CCC)c1ncn(-c2c(C)cccc2C)c(=O)n1. The van der Waals surface area contributed by atoms with E-state index in [1.165, 1.54) is 4.57 Å². The number of aryl methyl sites for hydroxylation is 2. The first-order chi connectivity index (χ1) is 10.6. The minimum absolute atomic E-state index is 0.278. The Balaban J connectivity index is 2.44. The molecule has 0 aliphatic rings. The fourth-order valence-corrected chi connectivity index (χ4v) is 2.67. The molecule has 5 heteroatoms. The van der Waals surface area contributed by atoms with Gasteiger partial charge in [-0.2, -0.15) is 4.98 Å². The lowest BCUT2D eigenvalue weighted by Crippen LogP contribution is -2.32. The van der Waals surface area contributed by atoms with Gasteiger partial charge in [0.15, 0.2) is 0 Å². The molecule has 0 radical (unpaired) electrons. The van der Waals surface area contributed by atoms with E-state index in [0.717, 1.165) is 42.7 Å². The molecule has 0 atom stereocenters. The molecule has 0 N–H and O–H groups in total. The molecule has 0 spiro atoms. The third-order valence-electron chi connectivity index (χ3n) is 3.64. The van der Waals surface area contributed by atoms with Crippen molar-refractivity contribution in [2.45, 2.75) is 40.5 Å². The van der Waals surface area contributed by atoms with E-state index >= 15 is 0 Å². The van der Waals surface area contributed by atoms with E-state index in [4.69, 9.17) is 0 Å². The molecule has 0 bridgehead atoms. The zero-order valence-electron chi connectivity index (χ0n) is 13.8. The average molecular weight is 300 g/mol. The lowest BCUT2D eigenvalue weighted by molar-refractivity contribution is 0.704. The Kier molecular flexibility index (Phi) is 5.31. The molecular formula is C17H24N4O. The summed E-state index contributed by atoms with van der Waals surface area (Å²) in [5.74, 6) is 0.524. The van der Waals surface area contributed by atoms with Gasteiger partial charge in [0.05, 0.1) is 5.69 Å². The molecule has 5 nitrogen and oxygen atoms in total. The highest BCUT2D eigenvalue weighted by Gasteiger charge is 2.12. The van der Waals surface area contributed by atoms with Crippen molar-refractivity contribution >= 4 is 5.95 Å². The van der Waals surface area contributed by atoms with E-state index in [1.807, 2.05) is 32.0 Å². The summed E-state index contributed by atoms with van der Waals surface area (Å²) in [5.41, 5.74) is 2.67. The Morgan fingerprint density at radius 2 is 1.68 bits per heavy atom. The van der Waals surface area contributed by atoms with Crippen molar-refractivity contribution in [2.24, 2.45) is 0 Å². The number of aromatic nitrogens is 3. The van der Waals surface area contributed by atoms with Gasteiger partial charge in [-0.25, -0.2) is 9.78 Å². The molecule has 1 heterocycles. The van der Waals surface area contributed by atoms with E-state index in [1.54, 1.807) is 6.33 Å². The van der Waals surface area contributed by atoms with Crippen LogP contribution in [-0.4, -0.2) is 27.6 Å². The molecule has 0 aliphatic carbocycles. The van der Waals surface area contributed by atoms with Crippen molar-refractivity contribution < 1.29 is 0 Å². The standard InChI is InChI=1S/C17H24N4O/c1-5-10-20(11-6-2)16-18-12-21(17(22)19-16)15-13(3)8-7-9-14(15)4/h7-9,12H,5-6,10-11H2,1-4H3. The summed E-state index contributed by atoms with van der Waals surface area (Å²) >= 11 is 0. The van der Waals surface area contributed by atoms with Crippen molar-refractivity contribution in [1.29, 1.82) is 0 Å². The molecular weight excluding hydrogens is 276 g/mol. The minimum Gasteiger partial charge on any atom is -0.341 e. The van der Waals surface area contributed by atoms with Gasteiger partial charge in [-0.15, -0.1) is 0 Å². The predicted octanol–water partition coefficient (Wildman–Crippen LogP) is 2.87. The minimum atomic E-state index is -0.278. The zero-order valence-corrected chi connectivity index (χ0v) is 13.8. The Bertz CT molecular complexity index is 667. The molecule has 118 valence electrons. The molecule has 0 fully saturated rings. The second kappa shape index (κ2) is 7.20. The molecule has 0 unspecified atom stereocenters. The zero-order chi connectivity index (χ0) is 16.1. The summed E-state index contributed by atoms with van der Waals surface area (Å²) in [4.78, 5) is 23.1. The van der Waals surface area contributed by atoms with Crippen LogP contribution in [0.1, 0.15) is 37.8 Å². The Hall–Kier alpha value is -2.17. The van der Waals surface area contributed by atoms with Crippen LogP contribution in [0.4, 0.5) is 5.95 Å². The monoisotopic (exact) mass is 300 g/mol. The first-order valence-electron chi connectivity index (χ1n) is 7.85. The molecule has 1 aromatic carbocycles. The fraction of sp³-hybridized carbons (Fsp3) is 0.471. The summed E-state index contributed by atoms with van der Waals surface area (Å²) < 4.78 is 1.53. The molecule has 2 rings (SSSR count). The van der Waals surface area contributed by atoms with Gasteiger partial charge in [0.1, 0.15) is 6.33 Å². The van der Waals surface area contributed by atoms with E-state index in [-0.39, 0.29) is 5.69 Å². The molecule has 22 heavy (non-hydrogen) atoms. The number of anilines is 1. The number of rotatable bonds is 6. The van der Waals surface area contributed by atoms with Crippen LogP contribution in [-0.2, 0) is 0 Å². The first kappa shape index (κ1) is 16.2. The molecule has 1 aromatic heterocycles. The fourth-order valence-electron chi connectivity index (χ4n) is 2.67. The van der Waals surface area contributed by atoms with Crippen LogP contribution in [0.5, 0.6) is 0 Å². The maximum atomic E-state index is 12.4. The Morgan fingerprint density at radius 1 is 1.09 bits per heavy atom. The van der Waals surface area contributed by atoms with E-state index < -0.39 is 0 Å². The maximum absolute atomic E-state index is 12.4. The smallest absolute Gasteiger partial charge is 0.341 e. The van der Waals surface area contributed by atoms with Crippen molar-refractivity contribution in [3.8, 4) is 5.69 Å². The first-order valence-corrected chi connectivity index (χ1v) is 7.85. The molecule has 0 saturated carbocycles. The molecule has 0 saturated heterocycles. The van der Waals surface area contributed by atoms with Crippen molar-refractivity contribution in [3.05, 3.63) is 46.1 Å². The number of para-hydroxylation sites is 1. The summed E-state index contributed by atoms with van der Waals surface area (Å²) in [6.07, 6.45) is 3.60. The number of benzene rings is 1. The van der Waals surface area contributed by atoms with Crippen molar-refractivity contribution in [3.63, 3.8) is 0 Å². The highest BCUT2D eigenvalue weighted by Crippen LogP contribution is 2.16. The van der Waals surface area contributed by atoms with Gasteiger partial charge in [0.2, 0.25) is 5.95 Å². The van der Waals surface area contributed by atoms with E-state index in [2.05, 4.69) is 28.7 Å². The Morgan fingerprint density at radius 3 is 2.18 bits per heavy atom. The summed E-state index contributed by atoms with van der Waals surface area (Å²) in [6, 6.07) is 5.96. The van der Waals surface area contributed by atoms with Gasteiger partial charge in [-0.05, 0) is 37.8 Å². The normalized spacial score (nSPS) is 10.7. The molecule has 2 aromatic rings. The summed E-state index contributed by atoms with van der Waals surface area (Å²) in [5, 5.41) is 0. The predicted molar refractivity (Wildman–Crippen MR) is 89.9 cm³/mol. The van der Waals surface area contributed by atoms with Gasteiger partial charge < -0.3 is 4.90 Å². The topological polar surface area (TPSA) is 51.0 Å². The summed E-state index contributed by atoms with van der Waals surface area (Å²) in [6.45, 7) is 9.93. The highest BCUT2D eigenvalue weighted by molar-refractivity contribution is 5.46. The van der Waals surface area contributed by atoms with Gasteiger partial charge in [-0.3, -0.25) is 4.57 Å². The second-order valence-electron chi connectivity index (χ2n) is 5.54. The second-order valence-corrected chi connectivity index (χ2v) is 5.54. The van der Waals surface area contributed by atoms with Crippen LogP contribution in [0, 0.1) is 13.8 Å². The third kappa shape index (κ3) is 3.35. The van der Waals surface area contributed by atoms with Crippen LogP contribution in [0.15, 0.2) is 29.3 Å². The van der Waals surface area contributed by atoms with Gasteiger partial charge in [0, 0.05) is 13.1 Å². The van der Waals surface area contributed by atoms with Crippen molar-refractivity contribution in [1.82, 2.24) is 14.5 Å². The lowest BCUT2D eigenvalue weighted by atomic mass is 10.1. The number of hydrogen-bond acceptors (Lipinski definition) is 4.